The van der Waals surface area contributed by atoms with Gasteiger partial charge in [0.05, 0.1) is 19.9 Å². The van der Waals surface area contributed by atoms with Gasteiger partial charge in [-0.3, -0.25) is 4.79 Å². The predicted molar refractivity (Wildman–Crippen MR) is 143 cm³/mol. The van der Waals surface area contributed by atoms with Crippen molar-refractivity contribution >= 4 is 23.1 Å². The summed E-state index contributed by atoms with van der Waals surface area (Å²) in [5.74, 6) is 1.88. The number of hydrogen-bond acceptors (Lipinski definition) is 8. The number of methoxy groups -OCH3 is 2. The number of piperazine rings is 1. The highest BCUT2D eigenvalue weighted by Gasteiger charge is 2.24. The summed E-state index contributed by atoms with van der Waals surface area (Å²) in [5, 5.41) is 0.351. The molecule has 2 heterocycles. The molecule has 0 aliphatic carbocycles. The molecule has 0 N–H and O–H groups in total. The molecule has 8 nitrogen and oxygen atoms in total. The summed E-state index contributed by atoms with van der Waals surface area (Å²) in [6.45, 7) is 2.07. The van der Waals surface area contributed by atoms with Crippen molar-refractivity contribution < 1.29 is 23.4 Å². The fourth-order valence-corrected chi connectivity index (χ4v) is 4.90. The van der Waals surface area contributed by atoms with Crippen LogP contribution in [-0.4, -0.2) is 60.6 Å². The van der Waals surface area contributed by atoms with Crippen LogP contribution in [0, 0.1) is 5.82 Å². The van der Waals surface area contributed by atoms with Gasteiger partial charge < -0.3 is 24.0 Å². The maximum absolute atomic E-state index is 14.2. The van der Waals surface area contributed by atoms with Crippen LogP contribution < -0.4 is 19.1 Å². The molecular weight excluding hydrogens is 507 g/mol. The smallest absolute Gasteiger partial charge is 0.298 e. The lowest BCUT2D eigenvalue weighted by molar-refractivity contribution is 0.0746. The molecular formula is C28H27FN4O4S. The average Bonchev–Trinajstić information content (AvgIpc) is 3.39. The van der Waals surface area contributed by atoms with Crippen LogP contribution in [0.5, 0.6) is 22.4 Å². The lowest BCUT2D eigenvalue weighted by atomic mass is 10.1. The number of rotatable bonds is 8. The van der Waals surface area contributed by atoms with Gasteiger partial charge in [0.2, 0.25) is 0 Å². The largest absolute Gasteiger partial charge is 0.497 e. The van der Waals surface area contributed by atoms with E-state index in [4.69, 9.17) is 14.2 Å². The maximum atomic E-state index is 14.2. The van der Waals surface area contributed by atoms with Gasteiger partial charge in [0.15, 0.2) is 17.3 Å². The molecule has 0 saturated carbocycles. The highest BCUT2D eigenvalue weighted by atomic mass is 32.1. The molecule has 1 saturated heterocycles. The summed E-state index contributed by atoms with van der Waals surface area (Å²) in [6, 6.07) is 19.5. The Kier molecular flexibility index (Phi) is 7.69. The van der Waals surface area contributed by atoms with Gasteiger partial charge in [-0.05, 0) is 48.0 Å². The Balaban J connectivity index is 1.26. The number of para-hydroxylation sites is 1. The van der Waals surface area contributed by atoms with Crippen LogP contribution in [-0.2, 0) is 6.42 Å². The summed E-state index contributed by atoms with van der Waals surface area (Å²) in [4.78, 5) is 21.5. The molecule has 0 bridgehead atoms. The van der Waals surface area contributed by atoms with Crippen LogP contribution in [0.3, 0.4) is 0 Å². The monoisotopic (exact) mass is 534 g/mol. The average molecular weight is 535 g/mol. The first kappa shape index (κ1) is 25.5. The van der Waals surface area contributed by atoms with Crippen LogP contribution in [0.1, 0.15) is 21.7 Å². The molecule has 1 aliphatic rings. The predicted octanol–water partition coefficient (Wildman–Crippen LogP) is 5.04. The van der Waals surface area contributed by atoms with Gasteiger partial charge in [0.25, 0.3) is 11.1 Å². The van der Waals surface area contributed by atoms with Crippen molar-refractivity contribution in [2.24, 2.45) is 0 Å². The highest BCUT2D eigenvalue weighted by Crippen LogP contribution is 2.34. The molecule has 0 unspecified atom stereocenters. The zero-order chi connectivity index (χ0) is 26.5. The lowest BCUT2D eigenvalue weighted by Gasteiger charge is -2.36. The van der Waals surface area contributed by atoms with E-state index in [2.05, 4.69) is 9.36 Å². The van der Waals surface area contributed by atoms with Crippen LogP contribution in [0.15, 0.2) is 66.7 Å². The Morgan fingerprint density at radius 2 is 1.76 bits per heavy atom. The molecule has 196 valence electrons. The van der Waals surface area contributed by atoms with E-state index in [1.165, 1.54) is 6.07 Å². The Labute approximate surface area is 224 Å². The van der Waals surface area contributed by atoms with Crippen LogP contribution in [0.4, 0.5) is 10.1 Å². The molecule has 1 aromatic heterocycles. The molecule has 1 aliphatic heterocycles. The van der Waals surface area contributed by atoms with E-state index in [0.29, 0.717) is 66.4 Å². The summed E-state index contributed by atoms with van der Waals surface area (Å²) < 4.78 is 35.3. The molecule has 1 amide bonds. The highest BCUT2D eigenvalue weighted by molar-refractivity contribution is 7.07. The number of aromatic nitrogens is 2. The number of carbonyl (C=O) groups is 1. The zero-order valence-corrected chi connectivity index (χ0v) is 21.9. The molecule has 38 heavy (non-hydrogen) atoms. The first-order valence-corrected chi connectivity index (χ1v) is 12.9. The third-order valence-electron chi connectivity index (χ3n) is 6.31. The van der Waals surface area contributed by atoms with E-state index in [9.17, 15) is 9.18 Å². The molecule has 0 atom stereocenters. The zero-order valence-electron chi connectivity index (χ0n) is 21.1. The number of halogens is 1. The normalized spacial score (nSPS) is 13.3. The van der Waals surface area contributed by atoms with Gasteiger partial charge in [0.1, 0.15) is 11.6 Å². The topological polar surface area (TPSA) is 77.0 Å². The van der Waals surface area contributed by atoms with Crippen molar-refractivity contribution in [3.63, 3.8) is 0 Å². The second kappa shape index (κ2) is 11.5. The molecule has 0 radical (unpaired) electrons. The van der Waals surface area contributed by atoms with Gasteiger partial charge in [-0.25, -0.2) is 4.39 Å². The first-order chi connectivity index (χ1) is 18.5. The van der Waals surface area contributed by atoms with Crippen LogP contribution >= 0.6 is 11.5 Å². The molecule has 10 heteroatoms. The minimum absolute atomic E-state index is 0.123. The third-order valence-corrected chi connectivity index (χ3v) is 6.95. The van der Waals surface area contributed by atoms with E-state index < -0.39 is 0 Å². The van der Waals surface area contributed by atoms with E-state index in [1.54, 1.807) is 49.5 Å². The Morgan fingerprint density at radius 1 is 0.947 bits per heavy atom. The number of hydrogen-bond donors (Lipinski definition) is 0. The van der Waals surface area contributed by atoms with Gasteiger partial charge in [-0.1, -0.05) is 24.3 Å². The van der Waals surface area contributed by atoms with E-state index >= 15 is 0 Å². The quantitative estimate of drug-likeness (QED) is 0.313. The standard InChI is InChI=1S/C28H27FN4O4S/c1-35-21-7-5-6-19(16-21)17-26-30-28(38-31-26)37-25-18-20(10-11-24(25)36-2)27(34)33-14-12-32(13-15-33)23-9-4-3-8-22(23)29/h3-11,16,18H,12-15,17H2,1-2H3. The fourth-order valence-electron chi connectivity index (χ4n) is 4.34. The van der Waals surface area contributed by atoms with Gasteiger partial charge >= 0.3 is 0 Å². The van der Waals surface area contributed by atoms with E-state index in [1.807, 2.05) is 35.2 Å². The second-order valence-corrected chi connectivity index (χ2v) is 9.42. The summed E-state index contributed by atoms with van der Waals surface area (Å²) >= 11 is 1.13. The van der Waals surface area contributed by atoms with Gasteiger partial charge in [-0.15, -0.1) is 0 Å². The number of benzene rings is 3. The second-order valence-electron chi connectivity index (χ2n) is 8.70. The minimum atomic E-state index is -0.257. The van der Waals surface area contributed by atoms with Crippen molar-refractivity contribution in [2.45, 2.75) is 6.42 Å². The number of ether oxygens (including phenoxy) is 3. The third kappa shape index (κ3) is 5.70. The van der Waals surface area contributed by atoms with Crippen molar-refractivity contribution in [2.75, 3.05) is 45.3 Å². The van der Waals surface area contributed by atoms with Crippen LogP contribution in [0.25, 0.3) is 0 Å². The SMILES string of the molecule is COc1cccc(Cc2nsc(Oc3cc(C(=O)N4CCN(c5ccccc5F)CC4)ccc3OC)n2)c1. The van der Waals surface area contributed by atoms with Crippen molar-refractivity contribution in [3.05, 3.63) is 89.5 Å². The number of amides is 1. The molecule has 5 rings (SSSR count). The maximum Gasteiger partial charge on any atom is 0.298 e. The minimum Gasteiger partial charge on any atom is -0.497 e. The molecule has 4 aromatic rings. The Morgan fingerprint density at radius 3 is 2.53 bits per heavy atom. The van der Waals surface area contributed by atoms with Crippen molar-refractivity contribution in [1.29, 1.82) is 0 Å². The van der Waals surface area contributed by atoms with Gasteiger partial charge in [-0.2, -0.15) is 9.36 Å². The number of anilines is 1. The Bertz CT molecular complexity index is 1420. The van der Waals surface area contributed by atoms with Gasteiger partial charge in [0, 0.05) is 49.7 Å². The Hall–Kier alpha value is -4.18. The number of nitrogens with zero attached hydrogens (tertiary/aromatic N) is 4. The van der Waals surface area contributed by atoms with Crippen molar-refractivity contribution in [3.8, 4) is 22.4 Å². The van der Waals surface area contributed by atoms with Crippen molar-refractivity contribution in [1.82, 2.24) is 14.3 Å². The lowest BCUT2D eigenvalue weighted by Crippen LogP contribution is -2.49. The molecule has 1 fully saturated rings. The molecule has 0 spiro atoms. The molecule has 3 aromatic carbocycles. The van der Waals surface area contributed by atoms with Crippen LogP contribution in [0.2, 0.25) is 0 Å². The summed E-state index contributed by atoms with van der Waals surface area (Å²) in [5.41, 5.74) is 2.05. The number of carbonyl (C=O) groups excluding carboxylic acids is 1. The first-order valence-electron chi connectivity index (χ1n) is 12.1. The van der Waals surface area contributed by atoms with E-state index in [-0.39, 0.29) is 11.7 Å². The fraction of sp³-hybridized carbons (Fsp3) is 0.250. The van der Waals surface area contributed by atoms with E-state index in [0.717, 1.165) is 22.8 Å². The summed E-state index contributed by atoms with van der Waals surface area (Å²) in [7, 11) is 3.17. The summed E-state index contributed by atoms with van der Waals surface area (Å²) in [6.07, 6.45) is 0.533.